The van der Waals surface area contributed by atoms with Gasteiger partial charge in [0.1, 0.15) is 5.75 Å². The molecule has 0 bridgehead atoms. The molecule has 0 radical (unpaired) electrons. The SMILES string of the molecule is CCN(C)CCNCc1c(CO)cnc(C)c1O. The molecule has 0 spiro atoms. The Morgan fingerprint density at radius 2 is 2.17 bits per heavy atom. The van der Waals surface area contributed by atoms with E-state index in [4.69, 9.17) is 0 Å². The zero-order valence-corrected chi connectivity index (χ0v) is 11.4. The summed E-state index contributed by atoms with van der Waals surface area (Å²) in [6.45, 7) is 7.12. The zero-order valence-electron chi connectivity index (χ0n) is 11.4. The van der Waals surface area contributed by atoms with Gasteiger partial charge in [0.15, 0.2) is 0 Å². The Hall–Kier alpha value is -1.17. The number of pyridine rings is 1. The molecule has 5 nitrogen and oxygen atoms in total. The Labute approximate surface area is 108 Å². The van der Waals surface area contributed by atoms with Gasteiger partial charge < -0.3 is 20.4 Å². The van der Waals surface area contributed by atoms with Crippen molar-refractivity contribution >= 4 is 0 Å². The van der Waals surface area contributed by atoms with Crippen molar-refractivity contribution in [1.29, 1.82) is 0 Å². The maximum absolute atomic E-state index is 9.94. The fraction of sp³-hybridized carbons (Fsp3) is 0.615. The highest BCUT2D eigenvalue weighted by Gasteiger charge is 2.10. The van der Waals surface area contributed by atoms with Crippen LogP contribution in [0, 0.1) is 6.92 Å². The smallest absolute Gasteiger partial charge is 0.141 e. The number of likely N-dealkylation sites (N-methyl/N-ethyl adjacent to an activating group) is 1. The van der Waals surface area contributed by atoms with Crippen LogP contribution in [0.3, 0.4) is 0 Å². The molecule has 0 aliphatic heterocycles. The third-order valence-electron chi connectivity index (χ3n) is 3.11. The first-order valence-electron chi connectivity index (χ1n) is 6.26. The van der Waals surface area contributed by atoms with E-state index in [1.54, 1.807) is 13.1 Å². The summed E-state index contributed by atoms with van der Waals surface area (Å²) in [5.74, 6) is 0.179. The third-order valence-corrected chi connectivity index (χ3v) is 3.11. The monoisotopic (exact) mass is 253 g/mol. The molecule has 0 fully saturated rings. The molecule has 0 amide bonds. The van der Waals surface area contributed by atoms with Crippen LogP contribution in [0.2, 0.25) is 0 Å². The molecule has 1 aromatic heterocycles. The van der Waals surface area contributed by atoms with Gasteiger partial charge in [-0.1, -0.05) is 6.92 Å². The summed E-state index contributed by atoms with van der Waals surface area (Å²) in [5, 5.41) is 22.4. The maximum atomic E-state index is 9.94. The van der Waals surface area contributed by atoms with Crippen molar-refractivity contribution in [3.05, 3.63) is 23.0 Å². The minimum absolute atomic E-state index is 0.104. The number of nitrogens with one attached hydrogen (secondary N) is 1. The minimum atomic E-state index is -0.104. The van der Waals surface area contributed by atoms with E-state index < -0.39 is 0 Å². The van der Waals surface area contributed by atoms with Crippen LogP contribution in [-0.4, -0.2) is 46.8 Å². The third kappa shape index (κ3) is 3.94. The lowest BCUT2D eigenvalue weighted by Crippen LogP contribution is -2.29. The van der Waals surface area contributed by atoms with Gasteiger partial charge >= 0.3 is 0 Å². The molecule has 0 aliphatic carbocycles. The number of aryl methyl sites for hydroxylation is 1. The van der Waals surface area contributed by atoms with Crippen LogP contribution >= 0.6 is 0 Å². The molecule has 3 N–H and O–H groups in total. The van der Waals surface area contributed by atoms with Crippen molar-refractivity contribution < 1.29 is 10.2 Å². The zero-order chi connectivity index (χ0) is 13.5. The second kappa shape index (κ2) is 7.31. The molecule has 1 heterocycles. The highest BCUT2D eigenvalue weighted by molar-refractivity contribution is 5.40. The summed E-state index contributed by atoms with van der Waals surface area (Å²) < 4.78 is 0. The van der Waals surface area contributed by atoms with Crippen LogP contribution in [0.1, 0.15) is 23.7 Å². The van der Waals surface area contributed by atoms with E-state index in [1.165, 1.54) is 0 Å². The molecular weight excluding hydrogens is 230 g/mol. The predicted octanol–water partition coefficient (Wildman–Crippen LogP) is 0.629. The molecule has 102 valence electrons. The molecule has 0 unspecified atom stereocenters. The molecule has 0 atom stereocenters. The van der Waals surface area contributed by atoms with Crippen LogP contribution < -0.4 is 5.32 Å². The summed E-state index contributed by atoms with van der Waals surface area (Å²) in [4.78, 5) is 6.24. The number of hydrogen-bond donors (Lipinski definition) is 3. The summed E-state index contributed by atoms with van der Waals surface area (Å²) in [6, 6.07) is 0. The molecule has 18 heavy (non-hydrogen) atoms. The van der Waals surface area contributed by atoms with Gasteiger partial charge in [-0.05, 0) is 20.5 Å². The Morgan fingerprint density at radius 3 is 2.78 bits per heavy atom. The molecule has 0 aliphatic rings. The Morgan fingerprint density at radius 1 is 1.44 bits per heavy atom. The molecular formula is C13H23N3O2. The number of aromatic hydroxyl groups is 1. The summed E-state index contributed by atoms with van der Waals surface area (Å²) in [6.07, 6.45) is 1.62. The number of nitrogens with zero attached hydrogens (tertiary/aromatic N) is 2. The molecule has 0 aromatic carbocycles. The molecule has 1 aromatic rings. The second-order valence-corrected chi connectivity index (χ2v) is 4.43. The van der Waals surface area contributed by atoms with E-state index in [1.807, 2.05) is 0 Å². The second-order valence-electron chi connectivity index (χ2n) is 4.43. The van der Waals surface area contributed by atoms with Gasteiger partial charge in [-0.25, -0.2) is 0 Å². The van der Waals surface area contributed by atoms with E-state index in [-0.39, 0.29) is 12.4 Å². The predicted molar refractivity (Wildman–Crippen MR) is 71.4 cm³/mol. The lowest BCUT2D eigenvalue weighted by Gasteiger charge is -2.15. The van der Waals surface area contributed by atoms with Gasteiger partial charge in [-0.15, -0.1) is 0 Å². The van der Waals surface area contributed by atoms with Crippen LogP contribution in [0.25, 0.3) is 0 Å². The van der Waals surface area contributed by atoms with Crippen molar-refractivity contribution in [2.45, 2.75) is 27.0 Å². The topological polar surface area (TPSA) is 68.6 Å². The van der Waals surface area contributed by atoms with Gasteiger partial charge in [0.25, 0.3) is 0 Å². The van der Waals surface area contributed by atoms with Crippen LogP contribution in [0.4, 0.5) is 0 Å². The van der Waals surface area contributed by atoms with Crippen LogP contribution in [0.5, 0.6) is 5.75 Å². The lowest BCUT2D eigenvalue weighted by atomic mass is 10.1. The standard InChI is InChI=1S/C13H23N3O2/c1-4-16(3)6-5-14-8-12-11(9-17)7-15-10(2)13(12)18/h7,14,17-18H,4-6,8-9H2,1-3H3. The minimum Gasteiger partial charge on any atom is -0.506 e. The number of aliphatic hydroxyl groups is 1. The normalized spacial score (nSPS) is 11.2. The number of aromatic nitrogens is 1. The fourth-order valence-corrected chi connectivity index (χ4v) is 1.66. The van der Waals surface area contributed by atoms with Crippen molar-refractivity contribution in [2.24, 2.45) is 0 Å². The quantitative estimate of drug-likeness (QED) is 0.622. The van der Waals surface area contributed by atoms with E-state index in [9.17, 15) is 10.2 Å². The summed E-state index contributed by atoms with van der Waals surface area (Å²) in [5.41, 5.74) is 2.01. The van der Waals surface area contributed by atoms with E-state index >= 15 is 0 Å². The summed E-state index contributed by atoms with van der Waals surface area (Å²) in [7, 11) is 2.06. The van der Waals surface area contributed by atoms with Crippen molar-refractivity contribution in [3.63, 3.8) is 0 Å². The Kier molecular flexibility index (Phi) is 6.04. The average Bonchev–Trinajstić information content (AvgIpc) is 2.38. The number of rotatable bonds is 7. The Bertz CT molecular complexity index is 383. The largest absolute Gasteiger partial charge is 0.506 e. The summed E-state index contributed by atoms with van der Waals surface area (Å²) >= 11 is 0. The Balaban J connectivity index is 2.58. The van der Waals surface area contributed by atoms with Crippen molar-refractivity contribution in [1.82, 2.24) is 15.2 Å². The van der Waals surface area contributed by atoms with Crippen molar-refractivity contribution in [2.75, 3.05) is 26.7 Å². The van der Waals surface area contributed by atoms with Gasteiger partial charge in [-0.3, -0.25) is 4.98 Å². The van der Waals surface area contributed by atoms with E-state index in [0.29, 0.717) is 17.8 Å². The van der Waals surface area contributed by atoms with E-state index in [0.717, 1.165) is 25.2 Å². The first-order chi connectivity index (χ1) is 8.60. The van der Waals surface area contributed by atoms with Crippen molar-refractivity contribution in [3.8, 4) is 5.75 Å². The molecule has 5 heteroatoms. The van der Waals surface area contributed by atoms with E-state index in [2.05, 4.69) is 29.2 Å². The molecule has 0 saturated carbocycles. The van der Waals surface area contributed by atoms with Gasteiger partial charge in [0, 0.05) is 37.0 Å². The maximum Gasteiger partial charge on any atom is 0.141 e. The van der Waals surface area contributed by atoms with Crippen LogP contribution in [0.15, 0.2) is 6.20 Å². The first kappa shape index (κ1) is 14.9. The first-order valence-corrected chi connectivity index (χ1v) is 6.26. The fourth-order valence-electron chi connectivity index (χ4n) is 1.66. The lowest BCUT2D eigenvalue weighted by molar-refractivity contribution is 0.278. The van der Waals surface area contributed by atoms with Gasteiger partial charge in [0.05, 0.1) is 12.3 Å². The number of aliphatic hydroxyl groups excluding tert-OH is 1. The van der Waals surface area contributed by atoms with Gasteiger partial charge in [-0.2, -0.15) is 0 Å². The average molecular weight is 253 g/mol. The highest BCUT2D eigenvalue weighted by Crippen LogP contribution is 2.23. The van der Waals surface area contributed by atoms with Gasteiger partial charge in [0.2, 0.25) is 0 Å². The van der Waals surface area contributed by atoms with Crippen LogP contribution in [-0.2, 0) is 13.2 Å². The molecule has 0 saturated heterocycles. The molecule has 1 rings (SSSR count). The highest BCUT2D eigenvalue weighted by atomic mass is 16.3. The number of hydrogen-bond acceptors (Lipinski definition) is 5.